The lowest BCUT2D eigenvalue weighted by atomic mass is 10.0. The highest BCUT2D eigenvalue weighted by Gasteiger charge is 2.13. The number of benzene rings is 4. The highest BCUT2D eigenvalue weighted by Crippen LogP contribution is 2.35. The van der Waals surface area contributed by atoms with Crippen LogP contribution in [-0.2, 0) is 16.1 Å². The molecule has 0 aliphatic heterocycles. The lowest BCUT2D eigenvalue weighted by Crippen LogP contribution is -2.10. The number of carbonyl (C=O) groups excluding carboxylic acids is 1. The van der Waals surface area contributed by atoms with Crippen molar-refractivity contribution in [1.29, 1.82) is 0 Å². The number of esters is 1. The number of carbonyl (C=O) groups is 1. The molecule has 0 saturated carbocycles. The first-order chi connectivity index (χ1) is 15.6. The van der Waals surface area contributed by atoms with Crippen LogP contribution in [0.25, 0.3) is 11.1 Å². The Kier molecular flexibility index (Phi) is 6.47. The van der Waals surface area contributed by atoms with E-state index in [0.29, 0.717) is 0 Å². The molecule has 0 aliphatic carbocycles. The summed E-state index contributed by atoms with van der Waals surface area (Å²) in [6, 6.07) is 35.5. The molecular weight excluding hydrogens is 394 g/mol. The lowest BCUT2D eigenvalue weighted by Gasteiger charge is -2.26. The van der Waals surface area contributed by atoms with Gasteiger partial charge in [-0.3, -0.25) is 0 Å². The maximum Gasteiger partial charge on any atom is 0.330 e. The highest BCUT2D eigenvalue weighted by atomic mass is 16.5. The van der Waals surface area contributed by atoms with Gasteiger partial charge in [0.1, 0.15) is 6.61 Å². The lowest BCUT2D eigenvalue weighted by molar-refractivity contribution is -0.138. The van der Waals surface area contributed by atoms with Gasteiger partial charge in [0.25, 0.3) is 0 Å². The topological polar surface area (TPSA) is 29.5 Å². The second-order valence-corrected chi connectivity index (χ2v) is 7.56. The van der Waals surface area contributed by atoms with Gasteiger partial charge < -0.3 is 9.64 Å². The van der Waals surface area contributed by atoms with Crippen molar-refractivity contribution in [2.75, 3.05) is 4.90 Å². The summed E-state index contributed by atoms with van der Waals surface area (Å²) < 4.78 is 5.14. The number of hydrogen-bond acceptors (Lipinski definition) is 3. The zero-order valence-corrected chi connectivity index (χ0v) is 18.1. The van der Waals surface area contributed by atoms with E-state index in [9.17, 15) is 4.79 Å². The fourth-order valence-electron chi connectivity index (χ4n) is 3.53. The molecule has 4 rings (SSSR count). The minimum absolute atomic E-state index is 0.224. The Morgan fingerprint density at radius 2 is 1.25 bits per heavy atom. The van der Waals surface area contributed by atoms with Crippen LogP contribution in [0.1, 0.15) is 11.1 Å². The molecule has 0 radical (unpaired) electrons. The van der Waals surface area contributed by atoms with Crippen LogP contribution in [0.3, 0.4) is 0 Å². The van der Waals surface area contributed by atoms with Crippen LogP contribution >= 0.6 is 0 Å². The minimum atomic E-state index is -0.422. The summed E-state index contributed by atoms with van der Waals surface area (Å²) in [5.74, 6) is -0.422. The van der Waals surface area contributed by atoms with E-state index in [1.165, 1.54) is 22.8 Å². The fourth-order valence-corrected chi connectivity index (χ4v) is 3.53. The molecular formula is C29H25NO2. The van der Waals surface area contributed by atoms with Crippen LogP contribution < -0.4 is 4.90 Å². The molecule has 0 atom stereocenters. The summed E-state index contributed by atoms with van der Waals surface area (Å²) >= 11 is 0. The van der Waals surface area contributed by atoms with E-state index in [2.05, 4.69) is 91.2 Å². The zero-order chi connectivity index (χ0) is 22.3. The van der Waals surface area contributed by atoms with Crippen LogP contribution in [0.5, 0.6) is 0 Å². The van der Waals surface area contributed by atoms with Crippen molar-refractivity contribution in [2.24, 2.45) is 0 Å². The highest BCUT2D eigenvalue weighted by molar-refractivity contribution is 5.81. The molecule has 0 saturated heterocycles. The minimum Gasteiger partial charge on any atom is -0.458 e. The van der Waals surface area contributed by atoms with Gasteiger partial charge in [-0.1, -0.05) is 78.9 Å². The SMILES string of the molecule is C=CC(=O)OCc1ccc(N(c2ccc(C)cc2)c2ccc(-c3ccccc3)cc2)cc1. The van der Waals surface area contributed by atoms with Gasteiger partial charge >= 0.3 is 5.97 Å². The maximum absolute atomic E-state index is 11.3. The molecule has 4 aromatic carbocycles. The average Bonchev–Trinajstić information content (AvgIpc) is 2.85. The zero-order valence-electron chi connectivity index (χ0n) is 18.1. The summed E-state index contributed by atoms with van der Waals surface area (Å²) in [7, 11) is 0. The van der Waals surface area contributed by atoms with Gasteiger partial charge in [-0.2, -0.15) is 0 Å². The smallest absolute Gasteiger partial charge is 0.330 e. The van der Waals surface area contributed by atoms with Crippen LogP contribution in [0.2, 0.25) is 0 Å². The first-order valence-corrected chi connectivity index (χ1v) is 10.5. The first-order valence-electron chi connectivity index (χ1n) is 10.5. The van der Waals surface area contributed by atoms with E-state index in [0.717, 1.165) is 22.6 Å². The molecule has 4 aromatic rings. The Balaban J connectivity index is 1.66. The molecule has 0 aliphatic rings. The van der Waals surface area contributed by atoms with E-state index in [1.807, 2.05) is 30.3 Å². The molecule has 0 amide bonds. The van der Waals surface area contributed by atoms with Crippen molar-refractivity contribution in [2.45, 2.75) is 13.5 Å². The number of hydrogen-bond donors (Lipinski definition) is 0. The Bertz CT molecular complexity index is 1180. The van der Waals surface area contributed by atoms with E-state index in [4.69, 9.17) is 4.74 Å². The van der Waals surface area contributed by atoms with E-state index in [1.54, 1.807) is 0 Å². The van der Waals surface area contributed by atoms with Crippen LogP contribution in [0.4, 0.5) is 17.1 Å². The molecule has 0 spiro atoms. The average molecular weight is 420 g/mol. The number of ether oxygens (including phenoxy) is 1. The largest absolute Gasteiger partial charge is 0.458 e. The van der Waals surface area contributed by atoms with E-state index >= 15 is 0 Å². The second kappa shape index (κ2) is 9.80. The standard InChI is InChI=1S/C29H25NO2/c1-3-29(31)32-21-23-11-17-27(18-12-23)30(26-15-9-22(2)10-16-26)28-19-13-25(14-20-28)24-7-5-4-6-8-24/h3-20H,1,21H2,2H3. The molecule has 0 bridgehead atoms. The third kappa shape index (κ3) is 4.96. The molecule has 158 valence electrons. The van der Waals surface area contributed by atoms with Crippen molar-refractivity contribution in [3.05, 3.63) is 127 Å². The Morgan fingerprint density at radius 1 is 0.750 bits per heavy atom. The Morgan fingerprint density at radius 3 is 1.81 bits per heavy atom. The molecule has 0 fully saturated rings. The van der Waals surface area contributed by atoms with Crippen LogP contribution in [-0.4, -0.2) is 5.97 Å². The fraction of sp³-hybridized carbons (Fsp3) is 0.0690. The van der Waals surface area contributed by atoms with Gasteiger partial charge in [-0.15, -0.1) is 0 Å². The predicted octanol–water partition coefficient (Wildman–Crippen LogP) is 7.36. The second-order valence-electron chi connectivity index (χ2n) is 7.56. The van der Waals surface area contributed by atoms with Gasteiger partial charge in [0.2, 0.25) is 0 Å². The molecule has 0 aromatic heterocycles. The van der Waals surface area contributed by atoms with Gasteiger partial charge in [0.05, 0.1) is 0 Å². The third-order valence-electron chi connectivity index (χ3n) is 5.27. The summed E-state index contributed by atoms with van der Waals surface area (Å²) in [5, 5.41) is 0. The van der Waals surface area contributed by atoms with Crippen LogP contribution in [0.15, 0.2) is 116 Å². The van der Waals surface area contributed by atoms with Crippen molar-refractivity contribution in [3.63, 3.8) is 0 Å². The molecule has 3 heteroatoms. The Labute approximate surface area is 189 Å². The van der Waals surface area contributed by atoms with Gasteiger partial charge in [0, 0.05) is 23.1 Å². The summed E-state index contributed by atoms with van der Waals surface area (Å²) in [5.41, 5.74) is 7.69. The van der Waals surface area contributed by atoms with Crippen molar-refractivity contribution >= 4 is 23.0 Å². The monoisotopic (exact) mass is 419 g/mol. The maximum atomic E-state index is 11.3. The summed E-state index contributed by atoms with van der Waals surface area (Å²) in [6.07, 6.45) is 1.17. The third-order valence-corrected chi connectivity index (χ3v) is 5.27. The van der Waals surface area contributed by atoms with Gasteiger partial charge in [-0.05, 0) is 60.0 Å². The number of aryl methyl sites for hydroxylation is 1. The van der Waals surface area contributed by atoms with Crippen molar-refractivity contribution in [1.82, 2.24) is 0 Å². The number of anilines is 3. The quantitative estimate of drug-likeness (QED) is 0.231. The number of rotatable bonds is 7. The molecule has 0 N–H and O–H groups in total. The normalized spacial score (nSPS) is 10.4. The molecule has 3 nitrogen and oxygen atoms in total. The van der Waals surface area contributed by atoms with Gasteiger partial charge in [-0.25, -0.2) is 4.79 Å². The van der Waals surface area contributed by atoms with Gasteiger partial charge in [0.15, 0.2) is 0 Å². The Hall–Kier alpha value is -4.11. The van der Waals surface area contributed by atoms with E-state index in [-0.39, 0.29) is 6.61 Å². The van der Waals surface area contributed by atoms with Crippen LogP contribution in [0, 0.1) is 6.92 Å². The van der Waals surface area contributed by atoms with Crippen molar-refractivity contribution in [3.8, 4) is 11.1 Å². The summed E-state index contributed by atoms with van der Waals surface area (Å²) in [4.78, 5) is 13.6. The molecule has 0 unspecified atom stereocenters. The predicted molar refractivity (Wildman–Crippen MR) is 131 cm³/mol. The molecule has 0 heterocycles. The number of nitrogens with zero attached hydrogens (tertiary/aromatic N) is 1. The van der Waals surface area contributed by atoms with E-state index < -0.39 is 5.97 Å². The first kappa shape index (κ1) is 21.1. The molecule has 32 heavy (non-hydrogen) atoms. The van der Waals surface area contributed by atoms with Crippen molar-refractivity contribution < 1.29 is 9.53 Å². The summed E-state index contributed by atoms with van der Waals surface area (Å²) in [6.45, 7) is 5.74.